The van der Waals surface area contributed by atoms with E-state index in [4.69, 9.17) is 9.26 Å². The van der Waals surface area contributed by atoms with Gasteiger partial charge in [-0.25, -0.2) is 0 Å². The molecule has 0 spiro atoms. The average Bonchev–Trinajstić information content (AvgIpc) is 3.05. The van der Waals surface area contributed by atoms with Crippen LogP contribution in [0.3, 0.4) is 0 Å². The molecular formula is C16H29IN4O2. The highest BCUT2D eigenvalue weighted by Gasteiger charge is 2.29. The van der Waals surface area contributed by atoms with E-state index in [0.717, 1.165) is 56.4 Å². The van der Waals surface area contributed by atoms with Crippen molar-refractivity contribution in [2.24, 2.45) is 4.99 Å². The highest BCUT2D eigenvalue weighted by atomic mass is 127. The number of hydrogen-bond donors (Lipinski definition) is 2. The first-order chi connectivity index (χ1) is 10.5. The number of aryl methyl sites for hydroxylation is 2. The van der Waals surface area contributed by atoms with Crippen molar-refractivity contribution < 1.29 is 9.26 Å². The van der Waals surface area contributed by atoms with Crippen LogP contribution in [0.15, 0.2) is 9.52 Å². The van der Waals surface area contributed by atoms with Crippen LogP contribution in [0, 0.1) is 13.8 Å². The molecule has 1 fully saturated rings. The molecular weight excluding hydrogens is 407 g/mol. The van der Waals surface area contributed by atoms with Crippen molar-refractivity contribution in [3.05, 3.63) is 17.0 Å². The molecule has 2 N–H and O–H groups in total. The Bertz CT molecular complexity index is 491. The van der Waals surface area contributed by atoms with E-state index < -0.39 is 0 Å². The number of guanidine groups is 1. The molecule has 0 radical (unpaired) electrons. The first-order valence-corrected chi connectivity index (χ1v) is 8.12. The first kappa shape index (κ1) is 20.2. The minimum absolute atomic E-state index is 0. The molecule has 1 atom stereocenters. The summed E-state index contributed by atoms with van der Waals surface area (Å²) in [6.45, 7) is 11.3. The lowest BCUT2D eigenvalue weighted by Crippen LogP contribution is -2.40. The molecule has 0 amide bonds. The molecule has 2 rings (SSSR count). The van der Waals surface area contributed by atoms with E-state index in [0.29, 0.717) is 6.54 Å². The van der Waals surface area contributed by atoms with Gasteiger partial charge in [-0.05, 0) is 47.0 Å². The second-order valence-electron chi connectivity index (χ2n) is 6.08. The van der Waals surface area contributed by atoms with Gasteiger partial charge in [-0.1, -0.05) is 5.16 Å². The van der Waals surface area contributed by atoms with Crippen LogP contribution >= 0.6 is 24.0 Å². The molecule has 1 aliphatic rings. The molecule has 1 aliphatic heterocycles. The normalized spacial score (nSPS) is 21.1. The van der Waals surface area contributed by atoms with Crippen LogP contribution in [-0.4, -0.2) is 43.0 Å². The Morgan fingerprint density at radius 1 is 1.35 bits per heavy atom. The maximum absolute atomic E-state index is 5.78. The number of nitrogens with one attached hydrogen (secondary N) is 2. The summed E-state index contributed by atoms with van der Waals surface area (Å²) in [5.41, 5.74) is 2.03. The van der Waals surface area contributed by atoms with Gasteiger partial charge in [0.05, 0.1) is 17.8 Å². The molecule has 6 nitrogen and oxygen atoms in total. The molecule has 2 heterocycles. The van der Waals surface area contributed by atoms with Gasteiger partial charge >= 0.3 is 0 Å². The van der Waals surface area contributed by atoms with Crippen molar-refractivity contribution in [1.82, 2.24) is 15.8 Å². The van der Waals surface area contributed by atoms with E-state index in [-0.39, 0.29) is 29.6 Å². The topological polar surface area (TPSA) is 71.7 Å². The predicted octanol–water partition coefficient (Wildman–Crippen LogP) is 2.58. The van der Waals surface area contributed by atoms with Crippen LogP contribution in [0.4, 0.5) is 0 Å². The number of ether oxygens (including phenoxy) is 1. The van der Waals surface area contributed by atoms with Crippen LogP contribution < -0.4 is 10.6 Å². The SMILES string of the molecule is CCNC(=NCC1(C)CCCO1)NCCc1c(C)noc1C.I. The van der Waals surface area contributed by atoms with E-state index >= 15 is 0 Å². The van der Waals surface area contributed by atoms with Crippen molar-refractivity contribution in [1.29, 1.82) is 0 Å². The summed E-state index contributed by atoms with van der Waals surface area (Å²) in [6, 6.07) is 0. The summed E-state index contributed by atoms with van der Waals surface area (Å²) < 4.78 is 11.0. The van der Waals surface area contributed by atoms with Gasteiger partial charge in [0.15, 0.2) is 5.96 Å². The second-order valence-corrected chi connectivity index (χ2v) is 6.08. The van der Waals surface area contributed by atoms with E-state index in [1.807, 2.05) is 13.8 Å². The third kappa shape index (κ3) is 5.95. The zero-order valence-corrected chi connectivity index (χ0v) is 16.9. The van der Waals surface area contributed by atoms with Crippen LogP contribution in [-0.2, 0) is 11.2 Å². The van der Waals surface area contributed by atoms with E-state index in [2.05, 4.69) is 34.6 Å². The highest BCUT2D eigenvalue weighted by Crippen LogP contribution is 2.24. The Morgan fingerprint density at radius 3 is 2.70 bits per heavy atom. The van der Waals surface area contributed by atoms with Crippen molar-refractivity contribution in [3.8, 4) is 0 Å². The molecule has 132 valence electrons. The van der Waals surface area contributed by atoms with Gasteiger partial charge < -0.3 is 19.9 Å². The molecule has 1 aromatic rings. The fraction of sp³-hybridized carbons (Fsp3) is 0.750. The smallest absolute Gasteiger partial charge is 0.191 e. The largest absolute Gasteiger partial charge is 0.373 e. The van der Waals surface area contributed by atoms with Gasteiger partial charge in [0.2, 0.25) is 0 Å². The van der Waals surface area contributed by atoms with Crippen LogP contribution in [0.25, 0.3) is 0 Å². The minimum Gasteiger partial charge on any atom is -0.373 e. The lowest BCUT2D eigenvalue weighted by atomic mass is 10.0. The summed E-state index contributed by atoms with van der Waals surface area (Å²) in [4.78, 5) is 4.66. The quantitative estimate of drug-likeness (QED) is 0.408. The van der Waals surface area contributed by atoms with E-state index in [9.17, 15) is 0 Å². The van der Waals surface area contributed by atoms with Crippen LogP contribution in [0.2, 0.25) is 0 Å². The summed E-state index contributed by atoms with van der Waals surface area (Å²) in [5.74, 6) is 1.74. The van der Waals surface area contributed by atoms with Crippen molar-refractivity contribution in [2.75, 3.05) is 26.2 Å². The monoisotopic (exact) mass is 436 g/mol. The molecule has 0 saturated carbocycles. The molecule has 1 saturated heterocycles. The van der Waals surface area contributed by atoms with Gasteiger partial charge in [-0.15, -0.1) is 24.0 Å². The molecule has 0 bridgehead atoms. The van der Waals surface area contributed by atoms with Crippen LogP contribution in [0.1, 0.15) is 43.7 Å². The van der Waals surface area contributed by atoms with E-state index in [1.54, 1.807) is 0 Å². The van der Waals surface area contributed by atoms with Crippen molar-refractivity contribution in [3.63, 3.8) is 0 Å². The Labute approximate surface area is 155 Å². The second kappa shape index (κ2) is 9.46. The number of halogens is 1. The number of nitrogens with zero attached hydrogens (tertiary/aromatic N) is 2. The maximum Gasteiger partial charge on any atom is 0.191 e. The van der Waals surface area contributed by atoms with E-state index in [1.165, 1.54) is 5.56 Å². The first-order valence-electron chi connectivity index (χ1n) is 8.12. The highest BCUT2D eigenvalue weighted by molar-refractivity contribution is 14.0. The molecule has 23 heavy (non-hydrogen) atoms. The molecule has 1 unspecified atom stereocenters. The number of aliphatic imine (C=N–C) groups is 1. The minimum atomic E-state index is -0.107. The lowest BCUT2D eigenvalue weighted by molar-refractivity contribution is 0.0283. The third-order valence-electron chi connectivity index (χ3n) is 4.06. The summed E-state index contributed by atoms with van der Waals surface area (Å²) in [6.07, 6.45) is 3.08. The molecule has 7 heteroatoms. The van der Waals surface area contributed by atoms with Crippen molar-refractivity contribution in [2.45, 2.75) is 52.6 Å². The Hall–Kier alpha value is -0.830. The lowest BCUT2D eigenvalue weighted by Gasteiger charge is -2.21. The molecule has 0 aliphatic carbocycles. The van der Waals surface area contributed by atoms with Gasteiger partial charge in [0.25, 0.3) is 0 Å². The van der Waals surface area contributed by atoms with Gasteiger partial charge in [0, 0.05) is 25.3 Å². The maximum atomic E-state index is 5.78. The molecule has 0 aromatic carbocycles. The Kier molecular flexibility index (Phi) is 8.32. The Balaban J connectivity index is 0.00000264. The number of aromatic nitrogens is 1. The number of rotatable bonds is 6. The fourth-order valence-corrected chi connectivity index (χ4v) is 2.71. The van der Waals surface area contributed by atoms with Gasteiger partial charge in [-0.2, -0.15) is 0 Å². The van der Waals surface area contributed by atoms with Crippen LogP contribution in [0.5, 0.6) is 0 Å². The predicted molar refractivity (Wildman–Crippen MR) is 103 cm³/mol. The molecule has 1 aromatic heterocycles. The zero-order chi connectivity index (χ0) is 16.0. The number of hydrogen-bond acceptors (Lipinski definition) is 4. The average molecular weight is 436 g/mol. The van der Waals surface area contributed by atoms with Gasteiger partial charge in [0.1, 0.15) is 5.76 Å². The fourth-order valence-electron chi connectivity index (χ4n) is 2.71. The Morgan fingerprint density at radius 2 is 2.13 bits per heavy atom. The van der Waals surface area contributed by atoms with Gasteiger partial charge in [-0.3, -0.25) is 4.99 Å². The summed E-state index contributed by atoms with van der Waals surface area (Å²) in [5, 5.41) is 10.6. The zero-order valence-electron chi connectivity index (χ0n) is 14.6. The third-order valence-corrected chi connectivity index (χ3v) is 4.06. The summed E-state index contributed by atoms with van der Waals surface area (Å²) >= 11 is 0. The standard InChI is InChI=1S/C16H28N4O2.HI/c1-5-17-15(19-11-16(4)8-6-10-21-16)18-9-7-14-12(2)20-22-13(14)3;/h5-11H2,1-4H3,(H2,17,18,19);1H. The van der Waals surface area contributed by atoms with Crippen molar-refractivity contribution >= 4 is 29.9 Å². The summed E-state index contributed by atoms with van der Waals surface area (Å²) in [7, 11) is 0.